The zero-order valence-corrected chi connectivity index (χ0v) is 15.6. The lowest BCUT2D eigenvalue weighted by Gasteiger charge is -2.33. The maximum Gasteiger partial charge on any atom is 0.491 e. The molecule has 0 aliphatic rings. The predicted octanol–water partition coefficient (Wildman–Crippen LogP) is 6.59. The number of hydrogen-bond donors (Lipinski definition) is 1. The molecule has 0 aromatic carbocycles. The van der Waals surface area contributed by atoms with Crippen LogP contribution >= 0.6 is 0 Å². The first kappa shape index (κ1) is 20.5. The van der Waals surface area contributed by atoms with Gasteiger partial charge in [-0.15, -0.1) is 0 Å². The summed E-state index contributed by atoms with van der Waals surface area (Å²) in [4.78, 5) is 11.0. The molecule has 126 valence electrons. The molecule has 0 aliphatic carbocycles. The van der Waals surface area contributed by atoms with E-state index < -0.39 is 14.5 Å². The van der Waals surface area contributed by atoms with E-state index in [-0.39, 0.29) is 0 Å². The van der Waals surface area contributed by atoms with Crippen molar-refractivity contribution in [1.82, 2.24) is 0 Å². The topological polar surface area (TPSA) is 46.5 Å². The van der Waals surface area contributed by atoms with Crippen LogP contribution in [-0.2, 0) is 4.43 Å². The lowest BCUT2D eigenvalue weighted by atomic mass is 10.1. The van der Waals surface area contributed by atoms with Gasteiger partial charge in [0.2, 0.25) is 0 Å². The van der Waals surface area contributed by atoms with Gasteiger partial charge in [-0.3, -0.25) is 0 Å². The molecule has 3 nitrogen and oxygen atoms in total. The standard InChI is InChI=1S/C17H36O3Si/c1-5-8-9-10-11-12-13-14-15-16(4)21(6-2,7-3)20-17(18)19/h16H,5-15H2,1-4H3,(H,18,19). The summed E-state index contributed by atoms with van der Waals surface area (Å²) in [6.07, 6.45) is 10.6. The van der Waals surface area contributed by atoms with E-state index >= 15 is 0 Å². The van der Waals surface area contributed by atoms with Gasteiger partial charge in [0.1, 0.15) is 0 Å². The Morgan fingerprint density at radius 1 is 0.952 bits per heavy atom. The molecule has 0 aliphatic heterocycles. The second kappa shape index (κ2) is 12.1. The molecule has 0 fully saturated rings. The molecule has 0 bridgehead atoms. The maximum absolute atomic E-state index is 11.0. The molecule has 4 heteroatoms. The molecule has 0 heterocycles. The monoisotopic (exact) mass is 316 g/mol. The second-order valence-corrected chi connectivity index (χ2v) is 11.0. The second-order valence-electron chi connectivity index (χ2n) is 6.30. The van der Waals surface area contributed by atoms with Crippen LogP contribution in [0.1, 0.15) is 85.5 Å². The van der Waals surface area contributed by atoms with Crippen molar-refractivity contribution in [2.75, 3.05) is 0 Å². The summed E-state index contributed by atoms with van der Waals surface area (Å²) in [6.45, 7) is 8.62. The van der Waals surface area contributed by atoms with Gasteiger partial charge in [-0.25, -0.2) is 4.79 Å². The minimum Gasteiger partial charge on any atom is -0.489 e. The van der Waals surface area contributed by atoms with Crippen LogP contribution in [0.15, 0.2) is 0 Å². The fraction of sp³-hybridized carbons (Fsp3) is 0.941. The fourth-order valence-electron chi connectivity index (χ4n) is 3.21. The summed E-state index contributed by atoms with van der Waals surface area (Å²) >= 11 is 0. The van der Waals surface area contributed by atoms with E-state index in [0.29, 0.717) is 5.54 Å². The Labute approximate surface area is 132 Å². The van der Waals surface area contributed by atoms with Crippen molar-refractivity contribution in [2.45, 2.75) is 103 Å². The average Bonchev–Trinajstić information content (AvgIpc) is 2.47. The van der Waals surface area contributed by atoms with Gasteiger partial charge >= 0.3 is 6.16 Å². The third-order valence-electron chi connectivity index (χ3n) is 4.88. The molecule has 0 saturated carbocycles. The molecule has 1 unspecified atom stereocenters. The molecule has 0 aromatic heterocycles. The fourth-order valence-corrected chi connectivity index (χ4v) is 6.67. The van der Waals surface area contributed by atoms with Crippen molar-refractivity contribution in [3.63, 3.8) is 0 Å². The van der Waals surface area contributed by atoms with E-state index in [0.717, 1.165) is 18.5 Å². The van der Waals surface area contributed by atoms with Crippen molar-refractivity contribution in [3.05, 3.63) is 0 Å². The Kier molecular flexibility index (Phi) is 11.8. The minimum absolute atomic E-state index is 0.434. The number of carbonyl (C=O) groups is 1. The molecule has 1 atom stereocenters. The predicted molar refractivity (Wildman–Crippen MR) is 92.5 cm³/mol. The molecule has 0 radical (unpaired) electrons. The highest BCUT2D eigenvalue weighted by atomic mass is 28.4. The van der Waals surface area contributed by atoms with Crippen molar-refractivity contribution in [1.29, 1.82) is 0 Å². The maximum atomic E-state index is 11.0. The zero-order valence-electron chi connectivity index (χ0n) is 14.6. The molecule has 1 N–H and O–H groups in total. The summed E-state index contributed by atoms with van der Waals surface area (Å²) < 4.78 is 5.38. The Morgan fingerprint density at radius 3 is 1.86 bits per heavy atom. The van der Waals surface area contributed by atoms with E-state index in [1.807, 2.05) is 0 Å². The third-order valence-corrected chi connectivity index (χ3v) is 9.94. The average molecular weight is 317 g/mol. The van der Waals surface area contributed by atoms with Gasteiger partial charge < -0.3 is 9.53 Å². The van der Waals surface area contributed by atoms with Gasteiger partial charge in [-0.1, -0.05) is 79.1 Å². The zero-order chi connectivity index (χ0) is 16.1. The Hall–Kier alpha value is -0.513. The summed E-state index contributed by atoms with van der Waals surface area (Å²) in [5.74, 6) is 0. The van der Waals surface area contributed by atoms with Gasteiger partial charge in [0.25, 0.3) is 8.32 Å². The van der Waals surface area contributed by atoms with Crippen LogP contribution in [0, 0.1) is 0 Å². The van der Waals surface area contributed by atoms with Crippen molar-refractivity contribution in [2.24, 2.45) is 0 Å². The Balaban J connectivity index is 3.93. The lowest BCUT2D eigenvalue weighted by Crippen LogP contribution is -2.42. The molecule has 0 aromatic rings. The first-order chi connectivity index (χ1) is 10.0. The van der Waals surface area contributed by atoms with Gasteiger partial charge in [0, 0.05) is 0 Å². The van der Waals surface area contributed by atoms with Crippen LogP contribution in [0.5, 0.6) is 0 Å². The van der Waals surface area contributed by atoms with Crippen LogP contribution in [0.4, 0.5) is 4.79 Å². The van der Waals surface area contributed by atoms with E-state index in [1.54, 1.807) is 0 Å². The molecular weight excluding hydrogens is 280 g/mol. The first-order valence-corrected chi connectivity index (χ1v) is 11.3. The van der Waals surface area contributed by atoms with Gasteiger partial charge in [0.05, 0.1) is 0 Å². The van der Waals surface area contributed by atoms with Crippen LogP contribution in [0.3, 0.4) is 0 Å². The summed E-state index contributed by atoms with van der Waals surface area (Å²) in [5.41, 5.74) is 0.434. The number of rotatable bonds is 13. The third kappa shape index (κ3) is 8.49. The van der Waals surface area contributed by atoms with Crippen molar-refractivity contribution >= 4 is 14.5 Å². The molecule has 0 rings (SSSR count). The molecule has 0 saturated heterocycles. The van der Waals surface area contributed by atoms with Crippen molar-refractivity contribution < 1.29 is 14.3 Å². The van der Waals surface area contributed by atoms with E-state index in [4.69, 9.17) is 9.53 Å². The Morgan fingerprint density at radius 2 is 1.43 bits per heavy atom. The van der Waals surface area contributed by atoms with Gasteiger partial charge in [-0.2, -0.15) is 0 Å². The van der Waals surface area contributed by atoms with Crippen LogP contribution in [-0.4, -0.2) is 19.6 Å². The highest BCUT2D eigenvalue weighted by molar-refractivity contribution is 6.76. The molecular formula is C17H36O3Si. The number of unbranched alkanes of at least 4 members (excludes halogenated alkanes) is 7. The van der Waals surface area contributed by atoms with Crippen LogP contribution in [0.25, 0.3) is 0 Å². The van der Waals surface area contributed by atoms with E-state index in [1.165, 1.54) is 51.4 Å². The molecule has 21 heavy (non-hydrogen) atoms. The molecule has 0 amide bonds. The normalized spacial score (nSPS) is 13.1. The SMILES string of the molecule is CCCCCCCCCCC(C)[Si](CC)(CC)OC(=O)O. The van der Waals surface area contributed by atoms with Gasteiger partial charge in [0.15, 0.2) is 0 Å². The molecule has 0 spiro atoms. The summed E-state index contributed by atoms with van der Waals surface area (Å²) in [5, 5.41) is 8.99. The van der Waals surface area contributed by atoms with Crippen LogP contribution in [0.2, 0.25) is 17.6 Å². The van der Waals surface area contributed by atoms with E-state index in [9.17, 15) is 4.79 Å². The highest BCUT2D eigenvalue weighted by Crippen LogP contribution is 2.34. The van der Waals surface area contributed by atoms with Gasteiger partial charge in [-0.05, 0) is 24.1 Å². The number of carboxylic acid groups (broad SMARTS) is 1. The lowest BCUT2D eigenvalue weighted by molar-refractivity contribution is 0.139. The minimum atomic E-state index is -2.10. The quantitative estimate of drug-likeness (QED) is 0.308. The van der Waals surface area contributed by atoms with E-state index in [2.05, 4.69) is 27.7 Å². The number of hydrogen-bond acceptors (Lipinski definition) is 2. The first-order valence-electron chi connectivity index (χ1n) is 8.94. The Bertz CT molecular complexity index is 265. The summed E-state index contributed by atoms with van der Waals surface area (Å²) in [6, 6.07) is 1.79. The highest BCUT2D eigenvalue weighted by Gasteiger charge is 2.40. The van der Waals surface area contributed by atoms with Crippen molar-refractivity contribution in [3.8, 4) is 0 Å². The largest absolute Gasteiger partial charge is 0.491 e. The smallest absolute Gasteiger partial charge is 0.489 e. The van der Waals surface area contributed by atoms with Crippen LogP contribution < -0.4 is 0 Å². The summed E-state index contributed by atoms with van der Waals surface area (Å²) in [7, 11) is -2.10.